The van der Waals surface area contributed by atoms with Crippen LogP contribution in [0, 0.1) is 6.92 Å². The first kappa shape index (κ1) is 7.46. The number of alkyl halides is 2. The summed E-state index contributed by atoms with van der Waals surface area (Å²) in [6.07, 6.45) is 1.06. The van der Waals surface area contributed by atoms with Gasteiger partial charge in [-0.05, 0) is 6.42 Å². The van der Waals surface area contributed by atoms with Crippen molar-refractivity contribution in [1.29, 1.82) is 0 Å². The van der Waals surface area contributed by atoms with Gasteiger partial charge in [-0.15, -0.1) is 0 Å². The Kier molecular flexibility index (Phi) is 5.74. The third-order valence-corrected chi connectivity index (χ3v) is 4.29. The van der Waals surface area contributed by atoms with Gasteiger partial charge in [0, 0.05) is 8.35 Å². The molecule has 0 spiro atoms. The van der Waals surface area contributed by atoms with Crippen LogP contribution in [0.2, 0.25) is 0 Å². The van der Waals surface area contributed by atoms with E-state index in [1.165, 1.54) is 4.43 Å². The van der Waals surface area contributed by atoms with E-state index in [4.69, 9.17) is 0 Å². The molecule has 2 heteroatoms. The van der Waals surface area contributed by atoms with Crippen molar-refractivity contribution in [3.63, 3.8) is 0 Å². The van der Waals surface area contributed by atoms with Crippen LogP contribution in [-0.2, 0) is 0 Å². The maximum Gasteiger partial charge on any atom is 0.0199 e. The molecule has 0 N–H and O–H groups in total. The van der Waals surface area contributed by atoms with Crippen molar-refractivity contribution < 1.29 is 0 Å². The molecule has 0 aliphatic heterocycles. The van der Waals surface area contributed by atoms with Crippen LogP contribution in [0.4, 0.5) is 0 Å². The van der Waals surface area contributed by atoms with Gasteiger partial charge in [0.2, 0.25) is 0 Å². The maximum atomic E-state index is 3.74. The molecule has 0 aromatic carbocycles. The van der Waals surface area contributed by atoms with Gasteiger partial charge in [-0.2, -0.15) is 0 Å². The average Bonchev–Trinajstić information content (AvgIpc) is 1.65. The van der Waals surface area contributed by atoms with Gasteiger partial charge < -0.3 is 0 Å². The van der Waals surface area contributed by atoms with Crippen molar-refractivity contribution in [2.24, 2.45) is 0 Å². The Morgan fingerprint density at radius 3 is 2.17 bits per heavy atom. The van der Waals surface area contributed by atoms with Crippen molar-refractivity contribution in [2.45, 2.75) is 10.3 Å². The third kappa shape index (κ3) is 3.64. The highest BCUT2D eigenvalue weighted by molar-refractivity contribution is 14.1. The van der Waals surface area contributed by atoms with Crippen molar-refractivity contribution in [1.82, 2.24) is 0 Å². The average molecular weight is 309 g/mol. The SMILES string of the molecule is [CH2]CC(I)CI. The molecule has 0 aromatic heterocycles. The summed E-state index contributed by atoms with van der Waals surface area (Å²) in [6.45, 7) is 3.74. The zero-order chi connectivity index (χ0) is 4.99. The fourth-order valence-electron chi connectivity index (χ4n) is 0.0772. The number of rotatable bonds is 2. The van der Waals surface area contributed by atoms with Crippen LogP contribution >= 0.6 is 45.2 Å². The minimum Gasteiger partial charge on any atom is -0.0852 e. The van der Waals surface area contributed by atoms with Crippen molar-refractivity contribution >= 4 is 45.2 Å². The van der Waals surface area contributed by atoms with E-state index in [1.54, 1.807) is 0 Å². The molecule has 1 atom stereocenters. The smallest absolute Gasteiger partial charge is 0.0199 e. The van der Waals surface area contributed by atoms with Crippen molar-refractivity contribution in [3.05, 3.63) is 6.92 Å². The van der Waals surface area contributed by atoms with Crippen LogP contribution in [0.5, 0.6) is 0 Å². The van der Waals surface area contributed by atoms with Gasteiger partial charge in [-0.1, -0.05) is 52.1 Å². The molecule has 0 saturated heterocycles. The predicted octanol–water partition coefficient (Wildman–Crippen LogP) is 2.45. The zero-order valence-corrected chi connectivity index (χ0v) is 7.77. The largest absolute Gasteiger partial charge is 0.0852 e. The summed E-state index contributed by atoms with van der Waals surface area (Å²) in [5.74, 6) is 0. The Bertz CT molecular complexity index is 24.7. The van der Waals surface area contributed by atoms with Gasteiger partial charge in [0.15, 0.2) is 0 Å². The molecule has 0 heterocycles. The molecule has 0 bridgehead atoms. The van der Waals surface area contributed by atoms with E-state index in [0.717, 1.165) is 10.3 Å². The minimum atomic E-state index is 0.781. The van der Waals surface area contributed by atoms with Gasteiger partial charge in [-0.25, -0.2) is 0 Å². The molecule has 0 nitrogen and oxygen atoms in total. The van der Waals surface area contributed by atoms with E-state index >= 15 is 0 Å². The summed E-state index contributed by atoms with van der Waals surface area (Å²) in [4.78, 5) is 0. The summed E-state index contributed by atoms with van der Waals surface area (Å²) in [6, 6.07) is 0. The fourth-order valence-corrected chi connectivity index (χ4v) is 0.518. The van der Waals surface area contributed by atoms with Gasteiger partial charge >= 0.3 is 0 Å². The van der Waals surface area contributed by atoms with E-state index in [1.807, 2.05) is 0 Å². The van der Waals surface area contributed by atoms with Gasteiger partial charge in [0.1, 0.15) is 0 Å². The molecule has 6 heavy (non-hydrogen) atoms. The monoisotopic (exact) mass is 309 g/mol. The lowest BCUT2D eigenvalue weighted by Gasteiger charge is -1.95. The van der Waals surface area contributed by atoms with Gasteiger partial charge in [-0.3, -0.25) is 0 Å². The summed E-state index contributed by atoms with van der Waals surface area (Å²) >= 11 is 4.77. The lowest BCUT2D eigenvalue weighted by Crippen LogP contribution is -1.93. The molecule has 0 aliphatic carbocycles. The Labute approximate surface area is 66.4 Å². The predicted molar refractivity (Wildman–Crippen MR) is 46.7 cm³/mol. The van der Waals surface area contributed by atoms with Crippen molar-refractivity contribution in [3.8, 4) is 0 Å². The topological polar surface area (TPSA) is 0 Å². The van der Waals surface area contributed by atoms with Crippen LogP contribution < -0.4 is 0 Å². The summed E-state index contributed by atoms with van der Waals surface area (Å²) in [5, 5.41) is 0. The molecule has 0 amide bonds. The highest BCUT2D eigenvalue weighted by atomic mass is 127. The van der Waals surface area contributed by atoms with E-state index < -0.39 is 0 Å². The Morgan fingerprint density at radius 2 is 2.17 bits per heavy atom. The summed E-state index contributed by atoms with van der Waals surface area (Å²) in [5.41, 5.74) is 0. The van der Waals surface area contributed by atoms with Crippen LogP contribution in [-0.4, -0.2) is 8.35 Å². The van der Waals surface area contributed by atoms with Crippen LogP contribution in [0.3, 0.4) is 0 Å². The Hall–Kier alpha value is 1.46. The Balaban J connectivity index is 2.75. The zero-order valence-electron chi connectivity index (χ0n) is 3.45. The molecular formula is C4H7I2. The first-order chi connectivity index (χ1) is 2.81. The lowest BCUT2D eigenvalue weighted by atomic mass is 10.4. The fraction of sp³-hybridized carbons (Fsp3) is 0.750. The van der Waals surface area contributed by atoms with E-state index in [-0.39, 0.29) is 0 Å². The molecule has 0 aliphatic rings. The van der Waals surface area contributed by atoms with Crippen LogP contribution in [0.1, 0.15) is 6.42 Å². The molecule has 1 radical (unpaired) electrons. The normalized spacial score (nSPS) is 14.5. The van der Waals surface area contributed by atoms with E-state index in [0.29, 0.717) is 0 Å². The maximum absolute atomic E-state index is 3.74. The summed E-state index contributed by atoms with van der Waals surface area (Å²) < 4.78 is 2.00. The second-order valence-corrected chi connectivity index (χ2v) is 3.68. The standard InChI is InChI=1S/C4H7I2/c1-2-4(6)3-5/h4H,1-3H2. The van der Waals surface area contributed by atoms with Gasteiger partial charge in [0.05, 0.1) is 0 Å². The molecule has 0 rings (SSSR count). The molecule has 1 unspecified atom stereocenters. The first-order valence-electron chi connectivity index (χ1n) is 1.80. The number of hydrogen-bond acceptors (Lipinski definition) is 0. The molecule has 37 valence electrons. The Morgan fingerprint density at radius 1 is 1.67 bits per heavy atom. The van der Waals surface area contributed by atoms with Crippen molar-refractivity contribution in [2.75, 3.05) is 4.43 Å². The number of hydrogen-bond donors (Lipinski definition) is 0. The third-order valence-electron chi connectivity index (χ3n) is 0.481. The first-order valence-corrected chi connectivity index (χ1v) is 4.57. The second-order valence-electron chi connectivity index (χ2n) is 1.04. The lowest BCUT2D eigenvalue weighted by molar-refractivity contribution is 1.05. The molecule has 0 fully saturated rings. The van der Waals surface area contributed by atoms with E-state index in [2.05, 4.69) is 52.1 Å². The second kappa shape index (κ2) is 4.61. The quantitative estimate of drug-likeness (QED) is 0.543. The minimum absolute atomic E-state index is 0.781. The highest BCUT2D eigenvalue weighted by Crippen LogP contribution is 2.06. The van der Waals surface area contributed by atoms with Crippen LogP contribution in [0.15, 0.2) is 0 Å². The summed E-state index contributed by atoms with van der Waals surface area (Å²) in [7, 11) is 0. The van der Waals surface area contributed by atoms with Gasteiger partial charge in [0.25, 0.3) is 0 Å². The number of halogens is 2. The van der Waals surface area contributed by atoms with Crippen LogP contribution in [0.25, 0.3) is 0 Å². The molecule has 0 aromatic rings. The molecular weight excluding hydrogens is 302 g/mol. The molecule has 0 saturated carbocycles. The van der Waals surface area contributed by atoms with E-state index in [9.17, 15) is 0 Å². The highest BCUT2D eigenvalue weighted by Gasteiger charge is 1.92.